The summed E-state index contributed by atoms with van der Waals surface area (Å²) in [5, 5.41) is -0.0918. The van der Waals surface area contributed by atoms with Gasteiger partial charge in [-0.3, -0.25) is 0 Å². The zero-order chi connectivity index (χ0) is 26.6. The molecule has 0 radical (unpaired) electrons. The SMILES string of the molecule is CCCCC(F)C(=O)OC1CCC(CCc2ccc(OC(=O)c3ccc(OC[C@H](C)Cl)cc3)cc2)CC1. The van der Waals surface area contributed by atoms with Crippen molar-refractivity contribution in [2.45, 2.75) is 89.3 Å². The van der Waals surface area contributed by atoms with Gasteiger partial charge in [0.25, 0.3) is 0 Å². The molecule has 0 N–H and O–H groups in total. The van der Waals surface area contributed by atoms with Crippen molar-refractivity contribution in [3.63, 3.8) is 0 Å². The number of hydrogen-bond acceptors (Lipinski definition) is 5. The Morgan fingerprint density at radius 2 is 1.65 bits per heavy atom. The van der Waals surface area contributed by atoms with E-state index in [2.05, 4.69) is 0 Å². The van der Waals surface area contributed by atoms with Crippen LogP contribution in [-0.4, -0.2) is 36.2 Å². The fourth-order valence-electron chi connectivity index (χ4n) is 4.44. The molecule has 1 saturated carbocycles. The lowest BCUT2D eigenvalue weighted by Gasteiger charge is -2.28. The standard InChI is InChI=1S/C30H38ClFO5/c1-3-4-5-28(32)30(34)37-27-16-10-23(11-17-27)7-6-22-8-14-26(15-9-22)36-29(33)24-12-18-25(19-13-24)35-20-21(2)31/h8-9,12-15,18-19,21,23,27-28H,3-7,10-11,16-17,20H2,1-2H3/t21-,23?,27?,28?/m0/s1. The number of esters is 2. The minimum atomic E-state index is -1.50. The Morgan fingerprint density at radius 1 is 1.00 bits per heavy atom. The molecular formula is C30H38ClFO5. The van der Waals surface area contributed by atoms with Gasteiger partial charge in [-0.15, -0.1) is 11.6 Å². The van der Waals surface area contributed by atoms with E-state index in [1.54, 1.807) is 24.3 Å². The molecule has 1 aliphatic carbocycles. The minimum absolute atomic E-state index is 0.0918. The normalized spacial score (nSPS) is 19.0. The molecule has 1 aliphatic rings. The number of rotatable bonds is 13. The highest BCUT2D eigenvalue weighted by Gasteiger charge is 2.27. The quantitative estimate of drug-likeness (QED) is 0.152. The van der Waals surface area contributed by atoms with Crippen LogP contribution in [0.2, 0.25) is 0 Å². The second-order valence-corrected chi connectivity index (χ2v) is 10.6. The van der Waals surface area contributed by atoms with Gasteiger partial charge in [-0.1, -0.05) is 31.9 Å². The van der Waals surface area contributed by atoms with Crippen LogP contribution in [0.1, 0.15) is 81.1 Å². The summed E-state index contributed by atoms with van der Waals surface area (Å²) in [6.45, 7) is 4.23. The van der Waals surface area contributed by atoms with Gasteiger partial charge >= 0.3 is 11.9 Å². The lowest BCUT2D eigenvalue weighted by Crippen LogP contribution is -2.29. The van der Waals surface area contributed by atoms with Crippen molar-refractivity contribution in [2.75, 3.05) is 6.61 Å². The molecule has 0 aliphatic heterocycles. The predicted molar refractivity (Wildman–Crippen MR) is 143 cm³/mol. The van der Waals surface area contributed by atoms with Gasteiger partial charge < -0.3 is 14.2 Å². The van der Waals surface area contributed by atoms with Crippen molar-refractivity contribution in [3.05, 3.63) is 59.7 Å². The number of ether oxygens (including phenoxy) is 3. The second kappa shape index (κ2) is 15.0. The summed E-state index contributed by atoms with van der Waals surface area (Å²) in [5.74, 6) is 0.595. The van der Waals surface area contributed by atoms with Crippen LogP contribution in [-0.2, 0) is 16.0 Å². The number of halogens is 2. The number of hydrogen-bond donors (Lipinski definition) is 0. The Labute approximate surface area is 224 Å². The molecule has 2 atom stereocenters. The molecule has 2 aromatic rings. The maximum Gasteiger partial charge on any atom is 0.343 e. The fraction of sp³-hybridized carbons (Fsp3) is 0.533. The Kier molecular flexibility index (Phi) is 11.7. The summed E-state index contributed by atoms with van der Waals surface area (Å²) < 4.78 is 30.3. The molecule has 7 heteroatoms. The van der Waals surface area contributed by atoms with Crippen LogP contribution in [0, 0.1) is 5.92 Å². The highest BCUT2D eigenvalue weighted by molar-refractivity contribution is 6.20. The van der Waals surface area contributed by atoms with Crippen molar-refractivity contribution in [1.29, 1.82) is 0 Å². The summed E-state index contributed by atoms with van der Waals surface area (Å²) in [7, 11) is 0. The molecule has 2 aromatic carbocycles. The molecule has 1 unspecified atom stereocenters. The monoisotopic (exact) mass is 532 g/mol. The van der Waals surface area contributed by atoms with E-state index in [1.165, 1.54) is 5.56 Å². The van der Waals surface area contributed by atoms with Gasteiger partial charge in [0.2, 0.25) is 0 Å². The van der Waals surface area contributed by atoms with Crippen LogP contribution in [0.15, 0.2) is 48.5 Å². The molecule has 0 aromatic heterocycles. The molecule has 202 valence electrons. The molecule has 1 fully saturated rings. The number of carbonyl (C=O) groups is 2. The lowest BCUT2D eigenvalue weighted by molar-refractivity contribution is -0.157. The summed E-state index contributed by atoms with van der Waals surface area (Å²) in [6, 6.07) is 14.4. The molecule has 37 heavy (non-hydrogen) atoms. The topological polar surface area (TPSA) is 61.8 Å². The average molecular weight is 533 g/mol. The largest absolute Gasteiger partial charge is 0.492 e. The zero-order valence-electron chi connectivity index (χ0n) is 21.8. The minimum Gasteiger partial charge on any atom is -0.492 e. The maximum atomic E-state index is 13.9. The van der Waals surface area contributed by atoms with Gasteiger partial charge in [-0.2, -0.15) is 0 Å². The Bertz CT molecular complexity index is 968. The number of aryl methyl sites for hydroxylation is 1. The first kappa shape index (κ1) is 29.0. The molecular weight excluding hydrogens is 495 g/mol. The van der Waals surface area contributed by atoms with Crippen molar-refractivity contribution in [3.8, 4) is 11.5 Å². The predicted octanol–water partition coefficient (Wildman–Crippen LogP) is 7.47. The van der Waals surface area contributed by atoms with Gasteiger partial charge in [0.15, 0.2) is 6.17 Å². The van der Waals surface area contributed by atoms with E-state index in [0.717, 1.165) is 44.9 Å². The third kappa shape index (κ3) is 9.99. The van der Waals surface area contributed by atoms with Gasteiger partial charge in [-0.25, -0.2) is 14.0 Å². The van der Waals surface area contributed by atoms with Crippen molar-refractivity contribution in [2.24, 2.45) is 5.92 Å². The van der Waals surface area contributed by atoms with E-state index in [9.17, 15) is 14.0 Å². The van der Waals surface area contributed by atoms with Gasteiger partial charge in [0.05, 0.1) is 10.9 Å². The van der Waals surface area contributed by atoms with Crippen LogP contribution in [0.4, 0.5) is 4.39 Å². The number of benzene rings is 2. The molecule has 0 amide bonds. The zero-order valence-corrected chi connectivity index (χ0v) is 22.6. The van der Waals surface area contributed by atoms with Crippen LogP contribution < -0.4 is 9.47 Å². The highest BCUT2D eigenvalue weighted by Crippen LogP contribution is 2.30. The van der Waals surface area contributed by atoms with E-state index in [4.69, 9.17) is 25.8 Å². The number of carbonyl (C=O) groups excluding carboxylic acids is 2. The third-order valence-electron chi connectivity index (χ3n) is 6.69. The van der Waals surface area contributed by atoms with Gasteiger partial charge in [0, 0.05) is 0 Å². The van der Waals surface area contributed by atoms with E-state index >= 15 is 0 Å². The van der Waals surface area contributed by atoms with E-state index in [1.807, 2.05) is 38.1 Å². The van der Waals surface area contributed by atoms with E-state index < -0.39 is 18.1 Å². The lowest BCUT2D eigenvalue weighted by atomic mass is 9.83. The van der Waals surface area contributed by atoms with Crippen LogP contribution in [0.25, 0.3) is 0 Å². The molecule has 0 bridgehead atoms. The maximum absolute atomic E-state index is 13.9. The van der Waals surface area contributed by atoms with Crippen LogP contribution in [0.5, 0.6) is 11.5 Å². The second-order valence-electron chi connectivity index (χ2n) is 9.88. The summed E-state index contributed by atoms with van der Waals surface area (Å²) in [5.41, 5.74) is 1.62. The van der Waals surface area contributed by atoms with E-state index in [0.29, 0.717) is 36.0 Å². The van der Waals surface area contributed by atoms with Crippen molar-refractivity contribution in [1.82, 2.24) is 0 Å². The van der Waals surface area contributed by atoms with E-state index in [-0.39, 0.29) is 17.9 Å². The smallest absolute Gasteiger partial charge is 0.343 e. The summed E-state index contributed by atoms with van der Waals surface area (Å²) >= 11 is 5.89. The first-order valence-electron chi connectivity index (χ1n) is 13.4. The van der Waals surface area contributed by atoms with Gasteiger partial charge in [-0.05, 0) is 99.7 Å². The molecule has 5 nitrogen and oxygen atoms in total. The Balaban J connectivity index is 1.37. The molecule has 0 spiro atoms. The Hall–Kier alpha value is -2.60. The first-order chi connectivity index (χ1) is 17.8. The highest BCUT2D eigenvalue weighted by atomic mass is 35.5. The number of unbranched alkanes of at least 4 members (excludes halogenated alkanes) is 1. The summed E-state index contributed by atoms with van der Waals surface area (Å²) in [4.78, 5) is 24.4. The van der Waals surface area contributed by atoms with Crippen molar-refractivity contribution < 1.29 is 28.2 Å². The molecule has 3 rings (SSSR count). The Morgan fingerprint density at radius 3 is 2.27 bits per heavy atom. The number of alkyl halides is 2. The van der Waals surface area contributed by atoms with Gasteiger partial charge in [0.1, 0.15) is 24.2 Å². The van der Waals surface area contributed by atoms with Crippen LogP contribution >= 0.6 is 11.6 Å². The molecule has 0 saturated heterocycles. The van der Waals surface area contributed by atoms with Crippen molar-refractivity contribution >= 4 is 23.5 Å². The fourth-order valence-corrected chi connectivity index (χ4v) is 4.50. The first-order valence-corrected chi connectivity index (χ1v) is 13.8. The third-order valence-corrected chi connectivity index (χ3v) is 6.81. The average Bonchev–Trinajstić information content (AvgIpc) is 2.91. The summed E-state index contributed by atoms with van der Waals surface area (Å²) in [6.07, 6.45) is 5.69. The van der Waals surface area contributed by atoms with Crippen LogP contribution in [0.3, 0.4) is 0 Å². The molecule has 0 heterocycles.